The van der Waals surface area contributed by atoms with Crippen molar-refractivity contribution >= 4 is 17.3 Å². The standard InChI is InChI=1S/C12H14ClN/c1-4-10(5-2)14-12-7-6-9(3)8-11(12)13/h1,6-8,10,14H,5H2,2-3H3. The van der Waals surface area contributed by atoms with Crippen LogP contribution in [0.1, 0.15) is 18.9 Å². The fourth-order valence-electron chi connectivity index (χ4n) is 1.19. The Kier molecular flexibility index (Phi) is 3.85. The number of nitrogens with one attached hydrogen (secondary N) is 1. The first-order valence-electron chi connectivity index (χ1n) is 4.66. The third-order valence-electron chi connectivity index (χ3n) is 2.06. The zero-order valence-electron chi connectivity index (χ0n) is 8.47. The molecule has 0 aliphatic carbocycles. The second-order valence-corrected chi connectivity index (χ2v) is 3.66. The molecule has 74 valence electrons. The van der Waals surface area contributed by atoms with Gasteiger partial charge in [0.15, 0.2) is 0 Å². The average Bonchev–Trinajstić information content (AvgIpc) is 2.17. The van der Waals surface area contributed by atoms with Gasteiger partial charge in [-0.15, -0.1) is 6.42 Å². The van der Waals surface area contributed by atoms with Gasteiger partial charge in [-0.25, -0.2) is 0 Å². The summed E-state index contributed by atoms with van der Waals surface area (Å²) >= 11 is 6.06. The van der Waals surface area contributed by atoms with E-state index in [0.717, 1.165) is 22.7 Å². The van der Waals surface area contributed by atoms with Crippen LogP contribution in [0.5, 0.6) is 0 Å². The highest BCUT2D eigenvalue weighted by molar-refractivity contribution is 6.33. The molecule has 1 unspecified atom stereocenters. The minimum absolute atomic E-state index is 0.0511. The number of benzene rings is 1. The lowest BCUT2D eigenvalue weighted by Gasteiger charge is -2.13. The summed E-state index contributed by atoms with van der Waals surface area (Å²) < 4.78 is 0. The predicted molar refractivity (Wildman–Crippen MR) is 62.7 cm³/mol. The molecule has 14 heavy (non-hydrogen) atoms. The minimum atomic E-state index is 0.0511. The van der Waals surface area contributed by atoms with Crippen LogP contribution in [0.15, 0.2) is 18.2 Å². The van der Waals surface area contributed by atoms with Crippen molar-refractivity contribution in [3.05, 3.63) is 28.8 Å². The predicted octanol–water partition coefficient (Wildman–Crippen LogP) is 3.47. The van der Waals surface area contributed by atoms with Crippen LogP contribution in [0.3, 0.4) is 0 Å². The number of terminal acetylenes is 1. The second kappa shape index (κ2) is 4.93. The molecule has 0 aliphatic heterocycles. The maximum absolute atomic E-state index is 6.06. The van der Waals surface area contributed by atoms with E-state index in [1.165, 1.54) is 0 Å². The Bertz CT molecular complexity index is 352. The van der Waals surface area contributed by atoms with Gasteiger partial charge in [0.1, 0.15) is 0 Å². The van der Waals surface area contributed by atoms with Gasteiger partial charge in [-0.1, -0.05) is 30.5 Å². The molecule has 1 N–H and O–H groups in total. The first-order chi connectivity index (χ1) is 6.67. The van der Waals surface area contributed by atoms with Gasteiger partial charge in [0.2, 0.25) is 0 Å². The van der Waals surface area contributed by atoms with Gasteiger partial charge >= 0.3 is 0 Å². The van der Waals surface area contributed by atoms with Crippen LogP contribution in [0.4, 0.5) is 5.69 Å². The zero-order valence-corrected chi connectivity index (χ0v) is 9.23. The summed E-state index contributed by atoms with van der Waals surface area (Å²) in [5.41, 5.74) is 2.05. The summed E-state index contributed by atoms with van der Waals surface area (Å²) in [5, 5.41) is 3.93. The molecular formula is C12H14ClN. The summed E-state index contributed by atoms with van der Waals surface area (Å²) in [7, 11) is 0. The third-order valence-corrected chi connectivity index (χ3v) is 2.38. The van der Waals surface area contributed by atoms with E-state index in [2.05, 4.69) is 11.2 Å². The molecule has 0 saturated heterocycles. The van der Waals surface area contributed by atoms with Gasteiger partial charge in [0, 0.05) is 0 Å². The molecular weight excluding hydrogens is 194 g/mol. The fraction of sp³-hybridized carbons (Fsp3) is 0.333. The van der Waals surface area contributed by atoms with Crippen molar-refractivity contribution in [2.75, 3.05) is 5.32 Å². The smallest absolute Gasteiger partial charge is 0.0872 e. The summed E-state index contributed by atoms with van der Waals surface area (Å²) in [5.74, 6) is 2.67. The van der Waals surface area contributed by atoms with E-state index in [1.807, 2.05) is 32.0 Å². The van der Waals surface area contributed by atoms with Crippen molar-refractivity contribution < 1.29 is 0 Å². The number of anilines is 1. The Morgan fingerprint density at radius 3 is 2.79 bits per heavy atom. The van der Waals surface area contributed by atoms with Crippen LogP contribution in [-0.2, 0) is 0 Å². The Balaban J connectivity index is 2.82. The Labute approximate surface area is 90.5 Å². The lowest BCUT2D eigenvalue weighted by molar-refractivity contribution is 0.858. The molecule has 0 fully saturated rings. The van der Waals surface area contributed by atoms with Crippen molar-refractivity contribution in [3.63, 3.8) is 0 Å². The van der Waals surface area contributed by atoms with Crippen LogP contribution in [0.25, 0.3) is 0 Å². The molecule has 2 heteroatoms. The Morgan fingerprint density at radius 2 is 2.29 bits per heavy atom. The van der Waals surface area contributed by atoms with Crippen LogP contribution < -0.4 is 5.32 Å². The minimum Gasteiger partial charge on any atom is -0.370 e. The second-order valence-electron chi connectivity index (χ2n) is 3.26. The zero-order chi connectivity index (χ0) is 10.6. The Morgan fingerprint density at radius 1 is 1.57 bits per heavy atom. The van der Waals surface area contributed by atoms with Gasteiger partial charge in [-0.2, -0.15) is 0 Å². The van der Waals surface area contributed by atoms with Gasteiger partial charge in [-0.05, 0) is 31.0 Å². The largest absolute Gasteiger partial charge is 0.370 e. The summed E-state index contributed by atoms with van der Waals surface area (Å²) in [6.07, 6.45) is 6.25. The van der Waals surface area contributed by atoms with Crippen molar-refractivity contribution in [2.45, 2.75) is 26.3 Å². The van der Waals surface area contributed by atoms with Gasteiger partial charge in [-0.3, -0.25) is 0 Å². The van der Waals surface area contributed by atoms with Gasteiger partial charge in [0.25, 0.3) is 0 Å². The normalized spacial score (nSPS) is 11.9. The van der Waals surface area contributed by atoms with Crippen LogP contribution in [0, 0.1) is 19.3 Å². The molecule has 0 spiro atoms. The first kappa shape index (κ1) is 10.9. The average molecular weight is 208 g/mol. The first-order valence-corrected chi connectivity index (χ1v) is 5.04. The van der Waals surface area contributed by atoms with Gasteiger partial charge in [0.05, 0.1) is 16.8 Å². The maximum atomic E-state index is 6.06. The molecule has 0 heterocycles. The lowest BCUT2D eigenvalue weighted by Crippen LogP contribution is -2.15. The summed E-state index contributed by atoms with van der Waals surface area (Å²) in [6, 6.07) is 5.94. The van der Waals surface area contributed by atoms with Crippen molar-refractivity contribution in [2.24, 2.45) is 0 Å². The molecule has 1 atom stereocenters. The van der Waals surface area contributed by atoms with E-state index < -0.39 is 0 Å². The lowest BCUT2D eigenvalue weighted by atomic mass is 10.2. The monoisotopic (exact) mass is 207 g/mol. The number of hydrogen-bond donors (Lipinski definition) is 1. The molecule has 1 aromatic rings. The molecule has 1 rings (SSSR count). The summed E-state index contributed by atoms with van der Waals surface area (Å²) in [6.45, 7) is 4.05. The number of rotatable bonds is 3. The molecule has 0 radical (unpaired) electrons. The highest BCUT2D eigenvalue weighted by Crippen LogP contribution is 2.23. The summed E-state index contributed by atoms with van der Waals surface area (Å²) in [4.78, 5) is 0. The molecule has 0 aliphatic rings. The van der Waals surface area contributed by atoms with Crippen molar-refractivity contribution in [3.8, 4) is 12.3 Å². The van der Waals surface area contributed by atoms with Crippen LogP contribution in [0.2, 0.25) is 5.02 Å². The fourth-order valence-corrected chi connectivity index (χ4v) is 1.48. The number of halogens is 1. The van der Waals surface area contributed by atoms with E-state index in [4.69, 9.17) is 18.0 Å². The van der Waals surface area contributed by atoms with Crippen LogP contribution in [-0.4, -0.2) is 6.04 Å². The molecule has 1 nitrogen and oxygen atoms in total. The SMILES string of the molecule is C#CC(CC)Nc1ccc(C)cc1Cl. The van der Waals surface area contributed by atoms with E-state index >= 15 is 0 Å². The van der Waals surface area contributed by atoms with E-state index in [1.54, 1.807) is 0 Å². The van der Waals surface area contributed by atoms with Crippen LogP contribution >= 0.6 is 11.6 Å². The van der Waals surface area contributed by atoms with E-state index in [9.17, 15) is 0 Å². The highest BCUT2D eigenvalue weighted by atomic mass is 35.5. The number of aryl methyl sites for hydroxylation is 1. The molecule has 0 aromatic heterocycles. The maximum Gasteiger partial charge on any atom is 0.0872 e. The Hall–Kier alpha value is -1.13. The number of hydrogen-bond acceptors (Lipinski definition) is 1. The molecule has 0 bridgehead atoms. The van der Waals surface area contributed by atoms with E-state index in [-0.39, 0.29) is 6.04 Å². The van der Waals surface area contributed by atoms with Gasteiger partial charge < -0.3 is 5.32 Å². The topological polar surface area (TPSA) is 12.0 Å². The highest BCUT2D eigenvalue weighted by Gasteiger charge is 2.04. The molecule has 1 aromatic carbocycles. The van der Waals surface area contributed by atoms with Crippen molar-refractivity contribution in [1.29, 1.82) is 0 Å². The van der Waals surface area contributed by atoms with E-state index in [0.29, 0.717) is 0 Å². The molecule has 0 saturated carbocycles. The quantitative estimate of drug-likeness (QED) is 0.749. The molecule has 0 amide bonds. The third kappa shape index (κ3) is 2.68. The van der Waals surface area contributed by atoms with Crippen molar-refractivity contribution in [1.82, 2.24) is 0 Å².